The van der Waals surface area contributed by atoms with Crippen LogP contribution in [-0.4, -0.2) is 56.6 Å². The molecule has 0 N–H and O–H groups in total. The van der Waals surface area contributed by atoms with Crippen molar-refractivity contribution >= 4 is 23.6 Å². The Morgan fingerprint density at radius 3 is 2.42 bits per heavy atom. The number of rotatable bonds is 9. The maximum absolute atomic E-state index is 13.0. The van der Waals surface area contributed by atoms with Gasteiger partial charge in [-0.25, -0.2) is 5.01 Å². The van der Waals surface area contributed by atoms with Crippen molar-refractivity contribution in [3.8, 4) is 0 Å². The van der Waals surface area contributed by atoms with Gasteiger partial charge in [0.1, 0.15) is 0 Å². The Morgan fingerprint density at radius 2 is 1.68 bits per heavy atom. The van der Waals surface area contributed by atoms with E-state index in [1.807, 2.05) is 41.4 Å². The second kappa shape index (κ2) is 11.9. The Bertz CT molecular complexity index is 1170. The third-order valence-corrected chi connectivity index (χ3v) is 8.01. The van der Waals surface area contributed by atoms with Gasteiger partial charge < -0.3 is 4.90 Å². The van der Waals surface area contributed by atoms with Crippen LogP contribution in [0.2, 0.25) is 0 Å². The molecule has 2 saturated heterocycles. The number of amides is 4. The van der Waals surface area contributed by atoms with Gasteiger partial charge in [-0.2, -0.15) is 5.01 Å². The molecule has 0 atom stereocenters. The van der Waals surface area contributed by atoms with Gasteiger partial charge in [0, 0.05) is 55.7 Å². The van der Waals surface area contributed by atoms with E-state index in [2.05, 4.69) is 11.1 Å². The highest BCUT2D eigenvalue weighted by molar-refractivity contribution is 6.04. The number of carbonyl (C=O) groups is 4. The van der Waals surface area contributed by atoms with Gasteiger partial charge >= 0.3 is 0 Å². The van der Waals surface area contributed by atoms with Crippen LogP contribution in [0.4, 0.5) is 0 Å². The van der Waals surface area contributed by atoms with E-state index in [0.29, 0.717) is 37.2 Å². The molecule has 2 fully saturated rings. The zero-order valence-electron chi connectivity index (χ0n) is 21.9. The number of carbonyl (C=O) groups excluding carboxylic acids is 4. The summed E-state index contributed by atoms with van der Waals surface area (Å²) in [5.41, 5.74) is 3.66. The van der Waals surface area contributed by atoms with Crippen LogP contribution in [0.15, 0.2) is 42.6 Å². The van der Waals surface area contributed by atoms with Gasteiger partial charge in [-0.1, -0.05) is 31.0 Å². The van der Waals surface area contributed by atoms with Crippen molar-refractivity contribution in [1.82, 2.24) is 19.9 Å². The van der Waals surface area contributed by atoms with E-state index in [-0.39, 0.29) is 30.2 Å². The molecular weight excluding hydrogens is 480 g/mol. The lowest BCUT2D eigenvalue weighted by molar-refractivity contribution is -0.163. The first kappa shape index (κ1) is 26.1. The Kier molecular flexibility index (Phi) is 8.15. The van der Waals surface area contributed by atoms with Crippen LogP contribution in [-0.2, 0) is 27.3 Å². The monoisotopic (exact) mass is 516 g/mol. The molecule has 4 heterocycles. The number of hydrogen-bond donors (Lipinski definition) is 0. The highest BCUT2D eigenvalue weighted by Gasteiger charge is 2.39. The average molecular weight is 517 g/mol. The van der Waals surface area contributed by atoms with Gasteiger partial charge in [0.25, 0.3) is 5.91 Å². The highest BCUT2D eigenvalue weighted by Crippen LogP contribution is 2.29. The molecule has 38 heavy (non-hydrogen) atoms. The molecule has 1 aromatic carbocycles. The fourth-order valence-corrected chi connectivity index (χ4v) is 5.82. The summed E-state index contributed by atoms with van der Waals surface area (Å²) < 4.78 is 0. The first-order valence-corrected chi connectivity index (χ1v) is 14.0. The quantitative estimate of drug-likeness (QED) is 0.364. The molecule has 3 aliphatic rings. The Hall–Kier alpha value is -3.55. The second-order valence-electron chi connectivity index (χ2n) is 10.6. The lowest BCUT2D eigenvalue weighted by Gasteiger charge is -2.32. The zero-order valence-corrected chi connectivity index (χ0v) is 21.9. The summed E-state index contributed by atoms with van der Waals surface area (Å²) >= 11 is 0. The zero-order chi connectivity index (χ0) is 26.5. The van der Waals surface area contributed by atoms with Crippen molar-refractivity contribution < 1.29 is 19.2 Å². The van der Waals surface area contributed by atoms with E-state index in [0.717, 1.165) is 79.9 Å². The molecule has 0 aliphatic carbocycles. The molecule has 0 bridgehead atoms. The van der Waals surface area contributed by atoms with Crippen LogP contribution in [0.5, 0.6) is 0 Å². The summed E-state index contributed by atoms with van der Waals surface area (Å²) in [6.07, 6.45) is 10.3. The number of likely N-dealkylation sites (tertiary alicyclic amines) is 1. The third kappa shape index (κ3) is 5.79. The minimum Gasteiger partial charge on any atom is -0.343 e. The van der Waals surface area contributed by atoms with Crippen molar-refractivity contribution in [2.45, 2.75) is 83.1 Å². The SMILES string of the molecule is O=C(CCCCCCc1ccc2c(c1)C(=O)N(N1C(=O)CCCC1=O)C2)N1CCC(c2ccccn2)CC1. The molecule has 1 aromatic heterocycles. The van der Waals surface area contributed by atoms with Crippen molar-refractivity contribution in [3.63, 3.8) is 0 Å². The van der Waals surface area contributed by atoms with E-state index >= 15 is 0 Å². The van der Waals surface area contributed by atoms with Crippen LogP contribution < -0.4 is 0 Å². The van der Waals surface area contributed by atoms with Crippen molar-refractivity contribution in [2.75, 3.05) is 13.1 Å². The summed E-state index contributed by atoms with van der Waals surface area (Å²) in [6.45, 7) is 1.89. The molecule has 0 radical (unpaired) electrons. The van der Waals surface area contributed by atoms with Gasteiger partial charge in [0.05, 0.1) is 6.54 Å². The van der Waals surface area contributed by atoms with Gasteiger partial charge in [-0.05, 0) is 67.9 Å². The van der Waals surface area contributed by atoms with Crippen molar-refractivity contribution in [2.24, 2.45) is 0 Å². The summed E-state index contributed by atoms with van der Waals surface area (Å²) in [5.74, 6) is -0.150. The van der Waals surface area contributed by atoms with Crippen LogP contribution >= 0.6 is 0 Å². The topological polar surface area (TPSA) is 90.9 Å². The summed E-state index contributed by atoms with van der Waals surface area (Å²) in [5, 5.41) is 2.35. The Balaban J connectivity index is 1.01. The number of benzene rings is 1. The molecule has 0 saturated carbocycles. The maximum atomic E-state index is 13.0. The van der Waals surface area contributed by atoms with E-state index in [1.54, 1.807) is 0 Å². The van der Waals surface area contributed by atoms with E-state index in [9.17, 15) is 19.2 Å². The first-order chi connectivity index (χ1) is 18.5. The van der Waals surface area contributed by atoms with Crippen LogP contribution in [0.3, 0.4) is 0 Å². The lowest BCUT2D eigenvalue weighted by Crippen LogP contribution is -2.51. The van der Waals surface area contributed by atoms with Crippen LogP contribution in [0, 0.1) is 0 Å². The van der Waals surface area contributed by atoms with Crippen molar-refractivity contribution in [1.29, 1.82) is 0 Å². The van der Waals surface area contributed by atoms with Gasteiger partial charge in [-0.15, -0.1) is 0 Å². The normalized spacial score (nSPS) is 18.3. The molecule has 3 aliphatic heterocycles. The number of fused-ring (bicyclic) bond motifs is 1. The molecule has 2 aromatic rings. The number of aromatic nitrogens is 1. The second-order valence-corrected chi connectivity index (χ2v) is 10.6. The predicted molar refractivity (Wildman–Crippen MR) is 142 cm³/mol. The predicted octanol–water partition coefficient (Wildman–Crippen LogP) is 4.39. The van der Waals surface area contributed by atoms with E-state index < -0.39 is 0 Å². The number of unbranched alkanes of at least 4 members (excludes halogenated alkanes) is 3. The number of hydrazine groups is 1. The Labute approximate surface area is 224 Å². The van der Waals surface area contributed by atoms with Gasteiger partial charge in [-0.3, -0.25) is 24.2 Å². The van der Waals surface area contributed by atoms with E-state index in [4.69, 9.17) is 0 Å². The minimum absolute atomic E-state index is 0.261. The number of pyridine rings is 1. The van der Waals surface area contributed by atoms with Crippen molar-refractivity contribution in [3.05, 3.63) is 65.0 Å². The number of piperidine rings is 2. The fraction of sp³-hybridized carbons (Fsp3) is 0.500. The molecule has 0 spiro atoms. The van der Waals surface area contributed by atoms with E-state index in [1.165, 1.54) is 5.01 Å². The molecule has 8 heteroatoms. The summed E-state index contributed by atoms with van der Waals surface area (Å²) in [4.78, 5) is 56.6. The number of hydrogen-bond acceptors (Lipinski definition) is 5. The highest BCUT2D eigenvalue weighted by atomic mass is 16.2. The third-order valence-electron chi connectivity index (χ3n) is 8.01. The standard InChI is InChI=1S/C30H36N4O4/c35-27(32-18-15-23(16-19-32)26-9-5-6-17-31-26)10-4-2-1-3-8-22-13-14-24-21-33(30(38)25(24)20-22)34-28(36)11-7-12-29(34)37/h5-6,9,13-14,17,20,23H,1-4,7-8,10-12,15-16,18-19,21H2. The van der Waals surface area contributed by atoms with Crippen LogP contribution in [0.25, 0.3) is 0 Å². The molecule has 4 amide bonds. The van der Waals surface area contributed by atoms with Gasteiger partial charge in [0.15, 0.2) is 0 Å². The maximum Gasteiger partial charge on any atom is 0.273 e. The number of aryl methyl sites for hydroxylation is 1. The molecule has 200 valence electrons. The average Bonchev–Trinajstić information content (AvgIpc) is 3.26. The lowest BCUT2D eigenvalue weighted by atomic mass is 9.93. The molecule has 5 rings (SSSR count). The molecule has 8 nitrogen and oxygen atoms in total. The number of nitrogens with zero attached hydrogens (tertiary/aromatic N) is 4. The molecule has 0 unspecified atom stereocenters. The Morgan fingerprint density at radius 1 is 0.921 bits per heavy atom. The number of imide groups is 1. The minimum atomic E-state index is -0.296. The largest absolute Gasteiger partial charge is 0.343 e. The summed E-state index contributed by atoms with van der Waals surface area (Å²) in [7, 11) is 0. The first-order valence-electron chi connectivity index (χ1n) is 14.0. The molecular formula is C30H36N4O4. The fourth-order valence-electron chi connectivity index (χ4n) is 5.82. The summed E-state index contributed by atoms with van der Waals surface area (Å²) in [6, 6.07) is 11.9. The van der Waals surface area contributed by atoms with Crippen LogP contribution in [0.1, 0.15) is 97.3 Å². The van der Waals surface area contributed by atoms with Gasteiger partial charge in [0.2, 0.25) is 17.7 Å². The smallest absolute Gasteiger partial charge is 0.273 e.